The molecule has 0 fully saturated rings. The third kappa shape index (κ3) is 4.52. The highest BCUT2D eigenvalue weighted by molar-refractivity contribution is 5.92. The minimum absolute atomic E-state index is 0.139. The normalized spacial score (nSPS) is 12.0. The lowest BCUT2D eigenvalue weighted by Crippen LogP contribution is -2.29. The molecular weight excluding hydrogens is 414 g/mol. The van der Waals surface area contributed by atoms with Crippen molar-refractivity contribution in [2.45, 2.75) is 26.0 Å². The minimum atomic E-state index is -0.373. The van der Waals surface area contributed by atoms with Crippen molar-refractivity contribution >= 4 is 22.3 Å². The van der Waals surface area contributed by atoms with E-state index in [2.05, 4.69) is 20.6 Å². The van der Waals surface area contributed by atoms with Crippen LogP contribution < -0.4 is 10.1 Å². The zero-order valence-corrected chi connectivity index (χ0v) is 18.2. The van der Waals surface area contributed by atoms with Crippen molar-refractivity contribution in [1.29, 1.82) is 0 Å². The Morgan fingerprint density at radius 3 is 2.48 bits per heavy atom. The summed E-state index contributed by atoms with van der Waals surface area (Å²) in [4.78, 5) is 12.0. The molecule has 7 nitrogen and oxygen atoms in total. The molecule has 5 aromatic rings. The van der Waals surface area contributed by atoms with Gasteiger partial charge in [-0.3, -0.25) is 4.79 Å². The quantitative estimate of drug-likeness (QED) is 0.411. The summed E-state index contributed by atoms with van der Waals surface area (Å²) in [6.45, 7) is 2.01. The number of carbonyl (C=O) groups is 1. The highest BCUT2D eigenvalue weighted by Gasteiger charge is 2.21. The lowest BCUT2D eigenvalue weighted by Gasteiger charge is -2.16. The first kappa shape index (κ1) is 20.6. The van der Waals surface area contributed by atoms with Gasteiger partial charge < -0.3 is 10.1 Å². The first-order chi connectivity index (χ1) is 16.2. The fourth-order valence-corrected chi connectivity index (χ4v) is 3.87. The lowest BCUT2D eigenvalue weighted by molar-refractivity contribution is -0.119. The summed E-state index contributed by atoms with van der Waals surface area (Å²) >= 11 is 0. The van der Waals surface area contributed by atoms with Gasteiger partial charge in [0.1, 0.15) is 12.4 Å². The molecule has 1 unspecified atom stereocenters. The van der Waals surface area contributed by atoms with Crippen LogP contribution in [0.2, 0.25) is 0 Å². The Morgan fingerprint density at radius 2 is 1.70 bits per heavy atom. The van der Waals surface area contributed by atoms with Gasteiger partial charge in [-0.15, -0.1) is 10.2 Å². The molecular formula is C26H23N5O2. The number of amides is 1. The van der Waals surface area contributed by atoms with Crippen LogP contribution in [-0.2, 0) is 17.8 Å². The van der Waals surface area contributed by atoms with Gasteiger partial charge in [0.15, 0.2) is 11.5 Å². The van der Waals surface area contributed by atoms with E-state index in [0.29, 0.717) is 24.5 Å². The molecule has 2 aromatic heterocycles. The summed E-state index contributed by atoms with van der Waals surface area (Å²) < 4.78 is 7.59. The average molecular weight is 438 g/mol. The molecule has 3 aromatic carbocycles. The van der Waals surface area contributed by atoms with E-state index < -0.39 is 0 Å². The first-order valence-electron chi connectivity index (χ1n) is 10.8. The van der Waals surface area contributed by atoms with Crippen molar-refractivity contribution in [3.05, 3.63) is 102 Å². The van der Waals surface area contributed by atoms with Gasteiger partial charge in [0, 0.05) is 24.1 Å². The Balaban J connectivity index is 1.37. The molecule has 5 rings (SSSR count). The van der Waals surface area contributed by atoms with Gasteiger partial charge in [-0.25, -0.2) is 0 Å². The van der Waals surface area contributed by atoms with E-state index in [9.17, 15) is 4.79 Å². The van der Waals surface area contributed by atoms with Crippen molar-refractivity contribution < 1.29 is 9.53 Å². The second-order valence-electron chi connectivity index (χ2n) is 7.90. The molecule has 2 heterocycles. The van der Waals surface area contributed by atoms with E-state index in [1.54, 1.807) is 10.7 Å². The fraction of sp³-hybridized carbons (Fsp3) is 0.154. The van der Waals surface area contributed by atoms with Crippen molar-refractivity contribution in [1.82, 2.24) is 25.1 Å². The molecule has 0 radical (unpaired) electrons. The van der Waals surface area contributed by atoms with Crippen LogP contribution in [0.15, 0.2) is 85.1 Å². The second kappa shape index (κ2) is 9.08. The number of hydrogen-bond acceptors (Lipinski definition) is 5. The number of carbonyl (C=O) groups excluding carboxylic acids is 1. The largest absolute Gasteiger partial charge is 0.489 e. The van der Waals surface area contributed by atoms with Gasteiger partial charge in [-0.2, -0.15) is 9.61 Å². The number of fused-ring (bicyclic) bond motifs is 3. The predicted octanol–water partition coefficient (Wildman–Crippen LogP) is 4.28. The van der Waals surface area contributed by atoms with Gasteiger partial charge in [0.25, 0.3) is 0 Å². The molecule has 33 heavy (non-hydrogen) atoms. The molecule has 1 N–H and O–H groups in total. The SMILES string of the molecule is CC(=O)NC(Cc1ccc(OCc2ccccc2)cc1)c1nnc2c3ccccc3cnn12. The lowest BCUT2D eigenvalue weighted by atomic mass is 10.0. The predicted molar refractivity (Wildman–Crippen MR) is 126 cm³/mol. The van der Waals surface area contributed by atoms with E-state index in [4.69, 9.17) is 4.74 Å². The zero-order chi connectivity index (χ0) is 22.6. The van der Waals surface area contributed by atoms with Crippen LogP contribution in [-0.4, -0.2) is 25.7 Å². The Labute approximate surface area is 191 Å². The number of nitrogens with one attached hydrogen (secondary N) is 1. The highest BCUT2D eigenvalue weighted by Crippen LogP contribution is 2.23. The molecule has 0 bridgehead atoms. The summed E-state index contributed by atoms with van der Waals surface area (Å²) in [7, 11) is 0. The van der Waals surface area contributed by atoms with E-state index in [-0.39, 0.29) is 11.9 Å². The maximum atomic E-state index is 12.0. The number of ether oxygens (including phenoxy) is 1. The summed E-state index contributed by atoms with van der Waals surface area (Å²) in [6.07, 6.45) is 2.34. The Hall–Kier alpha value is -4.26. The molecule has 7 heteroatoms. The maximum absolute atomic E-state index is 12.0. The Bertz CT molecular complexity index is 1400. The van der Waals surface area contributed by atoms with Gasteiger partial charge in [-0.1, -0.05) is 66.7 Å². The van der Waals surface area contributed by atoms with E-state index in [1.165, 1.54) is 6.92 Å². The summed E-state index contributed by atoms with van der Waals surface area (Å²) in [5, 5.41) is 18.2. The van der Waals surface area contributed by atoms with Crippen LogP contribution in [0.1, 0.15) is 29.9 Å². The third-order valence-corrected chi connectivity index (χ3v) is 5.48. The number of nitrogens with zero attached hydrogens (tertiary/aromatic N) is 4. The topological polar surface area (TPSA) is 81.4 Å². The fourth-order valence-electron chi connectivity index (χ4n) is 3.87. The van der Waals surface area contributed by atoms with Crippen molar-refractivity contribution in [3.8, 4) is 5.75 Å². The average Bonchev–Trinajstić information content (AvgIpc) is 3.28. The van der Waals surface area contributed by atoms with Crippen LogP contribution in [0.25, 0.3) is 16.4 Å². The zero-order valence-electron chi connectivity index (χ0n) is 18.2. The highest BCUT2D eigenvalue weighted by atomic mass is 16.5. The van der Waals surface area contributed by atoms with Crippen molar-refractivity contribution in [2.24, 2.45) is 0 Å². The summed E-state index contributed by atoms with van der Waals surface area (Å²) in [5.41, 5.74) is 2.83. The van der Waals surface area contributed by atoms with Crippen molar-refractivity contribution in [2.75, 3.05) is 0 Å². The summed E-state index contributed by atoms with van der Waals surface area (Å²) in [5.74, 6) is 1.25. The van der Waals surface area contributed by atoms with Gasteiger partial charge in [-0.05, 0) is 23.3 Å². The Kier molecular flexibility index (Phi) is 5.68. The van der Waals surface area contributed by atoms with E-state index >= 15 is 0 Å². The van der Waals surface area contributed by atoms with Gasteiger partial charge in [0.05, 0.1) is 12.2 Å². The molecule has 1 amide bonds. The first-order valence-corrected chi connectivity index (χ1v) is 10.8. The minimum Gasteiger partial charge on any atom is -0.489 e. The molecule has 164 valence electrons. The number of benzene rings is 3. The van der Waals surface area contributed by atoms with E-state index in [0.717, 1.165) is 27.6 Å². The van der Waals surface area contributed by atoms with Gasteiger partial charge >= 0.3 is 0 Å². The van der Waals surface area contributed by atoms with Gasteiger partial charge in [0.2, 0.25) is 5.91 Å². The van der Waals surface area contributed by atoms with Crippen LogP contribution in [0, 0.1) is 0 Å². The standard InChI is InChI=1S/C26H23N5O2/c1-18(32)28-24(26-30-29-25-23-10-6-5-9-21(23)16-27-31(25)26)15-19-11-13-22(14-12-19)33-17-20-7-3-2-4-8-20/h2-14,16,24H,15,17H2,1H3,(H,28,32). The number of rotatable bonds is 7. The second-order valence-corrected chi connectivity index (χ2v) is 7.90. The molecule has 0 aliphatic carbocycles. The molecule has 0 spiro atoms. The van der Waals surface area contributed by atoms with E-state index in [1.807, 2.05) is 78.9 Å². The Morgan fingerprint density at radius 1 is 0.939 bits per heavy atom. The van der Waals surface area contributed by atoms with Crippen LogP contribution in [0.5, 0.6) is 5.75 Å². The molecule has 0 saturated heterocycles. The molecule has 1 atom stereocenters. The number of hydrogen-bond donors (Lipinski definition) is 1. The molecule has 0 saturated carbocycles. The third-order valence-electron chi connectivity index (χ3n) is 5.48. The van der Waals surface area contributed by atoms with Crippen molar-refractivity contribution in [3.63, 3.8) is 0 Å². The number of aromatic nitrogens is 4. The smallest absolute Gasteiger partial charge is 0.217 e. The molecule has 0 aliphatic heterocycles. The van der Waals surface area contributed by atoms with Crippen LogP contribution in [0.4, 0.5) is 0 Å². The van der Waals surface area contributed by atoms with Crippen LogP contribution in [0.3, 0.4) is 0 Å². The monoisotopic (exact) mass is 437 g/mol. The summed E-state index contributed by atoms with van der Waals surface area (Å²) in [6, 6.07) is 25.5. The molecule has 0 aliphatic rings. The maximum Gasteiger partial charge on any atom is 0.217 e. The van der Waals surface area contributed by atoms with Crippen LogP contribution >= 0.6 is 0 Å².